The molecule has 1 aliphatic carbocycles. The van der Waals surface area contributed by atoms with Crippen LogP contribution < -0.4 is 4.74 Å². The Morgan fingerprint density at radius 2 is 1.66 bits per heavy atom. The van der Waals surface area contributed by atoms with Crippen molar-refractivity contribution in [3.8, 4) is 5.75 Å². The number of halogens is 4. The lowest BCUT2D eigenvalue weighted by Gasteiger charge is -2.43. The van der Waals surface area contributed by atoms with E-state index in [4.69, 9.17) is 16.3 Å². The van der Waals surface area contributed by atoms with Gasteiger partial charge in [0.05, 0.1) is 27.5 Å². The zero-order valence-electron chi connectivity index (χ0n) is 23.4. The minimum absolute atomic E-state index is 0.000301. The van der Waals surface area contributed by atoms with Crippen LogP contribution in [0.2, 0.25) is 5.02 Å². The molecule has 0 radical (unpaired) electrons. The van der Waals surface area contributed by atoms with Gasteiger partial charge in [-0.15, -0.1) is 0 Å². The number of hydrogen-bond acceptors (Lipinski definition) is 6. The number of sulfone groups is 2. The highest BCUT2D eigenvalue weighted by atomic mass is 35.5. The second-order valence-corrected chi connectivity index (χ2v) is 16.5. The number of nitrogens with zero attached hydrogens (tertiary/aromatic N) is 1. The number of hydrogen-bond donors (Lipinski definition) is 0. The molecule has 3 aromatic rings. The third-order valence-corrected chi connectivity index (χ3v) is 13.7. The fourth-order valence-corrected chi connectivity index (χ4v) is 11.0. The van der Waals surface area contributed by atoms with Gasteiger partial charge in [0.15, 0.2) is 21.5 Å². The van der Waals surface area contributed by atoms with Crippen molar-refractivity contribution in [3.63, 3.8) is 0 Å². The fourth-order valence-electron chi connectivity index (χ4n) is 6.89. The lowest BCUT2D eigenvalue weighted by molar-refractivity contribution is -0.137. The van der Waals surface area contributed by atoms with Crippen LogP contribution in [0, 0.1) is 23.4 Å². The molecule has 2 aliphatic heterocycles. The first kappa shape index (κ1) is 30.9. The van der Waals surface area contributed by atoms with Gasteiger partial charge in [-0.2, -0.15) is 0 Å². The van der Waals surface area contributed by atoms with Crippen molar-refractivity contribution < 1.29 is 39.5 Å². The summed E-state index contributed by atoms with van der Waals surface area (Å²) in [5.74, 6) is -3.27. The van der Waals surface area contributed by atoms with E-state index in [-0.39, 0.29) is 65.3 Å². The zero-order chi connectivity index (χ0) is 31.4. The SMILES string of the molecule is O=C(C1CCS(=O)(=O)CC1)N1CC[C@@]2(S(=O)(=O)c3ccc(F)cc3)c3ccc(OCc4cc(F)c(F)cc4Cl)cc3CC[C@@H]12. The van der Waals surface area contributed by atoms with Crippen LogP contribution in [-0.4, -0.2) is 51.7 Å². The zero-order valence-corrected chi connectivity index (χ0v) is 25.8. The molecule has 6 rings (SSSR count). The standard InChI is InChI=1S/C31H29ClF3NO6S2/c32-26-17-28(35)27(34)16-21(26)18-42-23-4-7-25-20(15-23)1-8-29-31(25,44(40,41)24-5-2-22(33)3-6-24)11-12-36(29)30(37)19-9-13-43(38,39)14-10-19/h2-7,15-17,19,29H,1,8-14,18H2/t29-,31-/m1/s1. The van der Waals surface area contributed by atoms with Crippen LogP contribution in [0.25, 0.3) is 0 Å². The normalized spacial score (nSPS) is 23.2. The van der Waals surface area contributed by atoms with Crippen molar-refractivity contribution in [2.75, 3.05) is 18.1 Å². The number of carbonyl (C=O) groups excluding carboxylic acids is 1. The van der Waals surface area contributed by atoms with Crippen LogP contribution in [0.15, 0.2) is 59.5 Å². The molecule has 234 valence electrons. The average Bonchev–Trinajstić information content (AvgIpc) is 3.40. The number of fused-ring (bicyclic) bond motifs is 3. The highest BCUT2D eigenvalue weighted by Crippen LogP contribution is 2.53. The Morgan fingerprint density at radius 3 is 2.36 bits per heavy atom. The maximum Gasteiger partial charge on any atom is 0.226 e. The predicted molar refractivity (Wildman–Crippen MR) is 157 cm³/mol. The molecule has 0 bridgehead atoms. The van der Waals surface area contributed by atoms with E-state index in [2.05, 4.69) is 0 Å². The molecule has 2 atom stereocenters. The molecule has 7 nitrogen and oxygen atoms in total. The number of benzene rings is 3. The summed E-state index contributed by atoms with van der Waals surface area (Å²) >= 11 is 6.05. The molecule has 0 spiro atoms. The molecule has 1 amide bonds. The fraction of sp³-hybridized carbons (Fsp3) is 0.387. The summed E-state index contributed by atoms with van der Waals surface area (Å²) in [6.45, 7) is 0.00928. The van der Waals surface area contributed by atoms with Gasteiger partial charge in [-0.1, -0.05) is 17.7 Å². The summed E-state index contributed by atoms with van der Waals surface area (Å²) in [4.78, 5) is 15.3. The van der Waals surface area contributed by atoms with E-state index in [1.54, 1.807) is 23.1 Å². The summed E-state index contributed by atoms with van der Waals surface area (Å²) in [5, 5.41) is 0.000301. The van der Waals surface area contributed by atoms with Gasteiger partial charge < -0.3 is 9.64 Å². The summed E-state index contributed by atoms with van der Waals surface area (Å²) in [6, 6.07) is 10.7. The van der Waals surface area contributed by atoms with Gasteiger partial charge in [-0.25, -0.2) is 30.0 Å². The number of amides is 1. The van der Waals surface area contributed by atoms with Crippen LogP contribution in [0.5, 0.6) is 5.75 Å². The number of carbonyl (C=O) groups is 1. The first-order chi connectivity index (χ1) is 20.8. The third kappa shape index (κ3) is 5.28. The molecule has 2 saturated heterocycles. The van der Waals surface area contributed by atoms with Crippen LogP contribution in [-0.2, 0) is 42.2 Å². The van der Waals surface area contributed by atoms with Gasteiger partial charge >= 0.3 is 0 Å². The molecular weight excluding hydrogens is 639 g/mol. The van der Waals surface area contributed by atoms with E-state index in [9.17, 15) is 34.8 Å². The number of ether oxygens (including phenoxy) is 1. The van der Waals surface area contributed by atoms with Crippen LogP contribution >= 0.6 is 11.6 Å². The highest BCUT2D eigenvalue weighted by Gasteiger charge is 2.61. The molecule has 0 unspecified atom stereocenters. The van der Waals surface area contributed by atoms with E-state index in [1.807, 2.05) is 0 Å². The molecule has 3 aromatic carbocycles. The van der Waals surface area contributed by atoms with Gasteiger partial charge in [0, 0.05) is 18.0 Å². The molecule has 2 heterocycles. The summed E-state index contributed by atoms with van der Waals surface area (Å²) in [6.07, 6.45) is 1.24. The van der Waals surface area contributed by atoms with Crippen molar-refractivity contribution >= 4 is 37.2 Å². The Kier molecular flexibility index (Phi) is 7.99. The first-order valence-corrected chi connectivity index (χ1v) is 17.9. The van der Waals surface area contributed by atoms with Gasteiger partial charge in [0.25, 0.3) is 0 Å². The molecular formula is C31H29ClF3NO6S2. The number of rotatable bonds is 6. The highest BCUT2D eigenvalue weighted by molar-refractivity contribution is 7.92. The van der Waals surface area contributed by atoms with Crippen molar-refractivity contribution in [1.82, 2.24) is 4.90 Å². The summed E-state index contributed by atoms with van der Waals surface area (Å²) in [7, 11) is -7.38. The van der Waals surface area contributed by atoms with Gasteiger partial charge in [-0.3, -0.25) is 4.79 Å². The summed E-state index contributed by atoms with van der Waals surface area (Å²) < 4.78 is 98.4. The molecule has 13 heteroatoms. The maximum atomic E-state index is 14.5. The minimum atomic E-state index is -4.18. The van der Waals surface area contributed by atoms with E-state index >= 15 is 0 Å². The quantitative estimate of drug-likeness (QED) is 0.259. The molecule has 0 saturated carbocycles. The van der Waals surface area contributed by atoms with E-state index < -0.39 is 53.8 Å². The lowest BCUT2D eigenvalue weighted by Crippen LogP contribution is -2.53. The molecule has 0 aromatic heterocycles. The molecule has 0 N–H and O–H groups in total. The minimum Gasteiger partial charge on any atom is -0.489 e. The van der Waals surface area contributed by atoms with Crippen molar-refractivity contribution in [2.24, 2.45) is 5.92 Å². The average molecular weight is 668 g/mol. The third-order valence-electron chi connectivity index (χ3n) is 9.13. The smallest absolute Gasteiger partial charge is 0.226 e. The molecule has 3 aliphatic rings. The van der Waals surface area contributed by atoms with E-state index in [0.717, 1.165) is 24.3 Å². The second kappa shape index (κ2) is 11.4. The van der Waals surface area contributed by atoms with Crippen LogP contribution in [0.1, 0.15) is 42.4 Å². The number of aryl methyl sites for hydroxylation is 1. The Morgan fingerprint density at radius 1 is 0.977 bits per heavy atom. The monoisotopic (exact) mass is 667 g/mol. The van der Waals surface area contributed by atoms with Crippen molar-refractivity contribution in [1.29, 1.82) is 0 Å². The second-order valence-electron chi connectivity index (χ2n) is 11.6. The first-order valence-electron chi connectivity index (χ1n) is 14.2. The molecule has 44 heavy (non-hydrogen) atoms. The summed E-state index contributed by atoms with van der Waals surface area (Å²) in [5.41, 5.74) is 1.44. The Hall–Kier alpha value is -3.09. The van der Waals surface area contributed by atoms with Gasteiger partial charge in [0.2, 0.25) is 5.91 Å². The topological polar surface area (TPSA) is 97.8 Å². The Labute approximate surface area is 258 Å². The van der Waals surface area contributed by atoms with Gasteiger partial charge in [-0.05, 0) is 91.8 Å². The Bertz CT molecular complexity index is 1840. The molecule has 2 fully saturated rings. The van der Waals surface area contributed by atoms with Crippen LogP contribution in [0.4, 0.5) is 13.2 Å². The maximum absolute atomic E-state index is 14.5. The van der Waals surface area contributed by atoms with Crippen molar-refractivity contribution in [2.45, 2.75) is 54.4 Å². The van der Waals surface area contributed by atoms with E-state index in [1.165, 1.54) is 12.1 Å². The van der Waals surface area contributed by atoms with Crippen LogP contribution in [0.3, 0.4) is 0 Å². The largest absolute Gasteiger partial charge is 0.489 e. The number of likely N-dealkylation sites (tertiary alicyclic amines) is 1. The van der Waals surface area contributed by atoms with Gasteiger partial charge in [0.1, 0.15) is 32.8 Å². The Balaban J connectivity index is 1.36. The van der Waals surface area contributed by atoms with E-state index in [0.29, 0.717) is 29.7 Å². The predicted octanol–water partition coefficient (Wildman–Crippen LogP) is 5.38. The lowest BCUT2D eigenvalue weighted by atomic mass is 9.78. The van der Waals surface area contributed by atoms with Crippen molar-refractivity contribution in [3.05, 3.63) is 93.8 Å².